The quantitative estimate of drug-likeness (QED) is 0.543. The van der Waals surface area contributed by atoms with Crippen molar-refractivity contribution in [1.82, 2.24) is 14.6 Å². The van der Waals surface area contributed by atoms with E-state index in [1.165, 1.54) is 6.33 Å². The summed E-state index contributed by atoms with van der Waals surface area (Å²) in [5, 5.41) is 25.3. The summed E-state index contributed by atoms with van der Waals surface area (Å²) < 4.78 is 21.9. The summed E-state index contributed by atoms with van der Waals surface area (Å²) in [5.74, 6) is 0.298. The van der Waals surface area contributed by atoms with E-state index in [0.29, 0.717) is 17.0 Å². The largest absolute Gasteiger partial charge is 0.408 e. The minimum absolute atomic E-state index is 0.0874. The maximum absolute atomic E-state index is 10.7. The number of anilines is 1. The Kier molecular flexibility index (Phi) is 7.09. The van der Waals surface area contributed by atoms with Crippen LogP contribution in [0.4, 0.5) is 5.82 Å². The van der Waals surface area contributed by atoms with Gasteiger partial charge in [0, 0.05) is 0 Å². The van der Waals surface area contributed by atoms with Crippen LogP contribution >= 0.6 is 0 Å². The fraction of sp³-hybridized carbons (Fsp3) is 0.708. The molecule has 1 aliphatic heterocycles. The molecule has 194 valence electrons. The zero-order valence-corrected chi connectivity index (χ0v) is 24.7. The van der Waals surface area contributed by atoms with Crippen LogP contribution in [0.15, 0.2) is 18.5 Å². The van der Waals surface area contributed by atoms with Crippen LogP contribution in [0.5, 0.6) is 0 Å². The van der Waals surface area contributed by atoms with Gasteiger partial charge in [0.25, 0.3) is 0 Å². The Morgan fingerprint density at radius 2 is 1.69 bits per heavy atom. The third-order valence-corrected chi connectivity index (χ3v) is 17.0. The number of hydrogen-bond donors (Lipinski definition) is 2. The fourth-order valence-electron chi connectivity index (χ4n) is 3.83. The van der Waals surface area contributed by atoms with Gasteiger partial charge in [-0.1, -0.05) is 41.5 Å². The van der Waals surface area contributed by atoms with Crippen LogP contribution < -0.4 is 5.73 Å². The van der Waals surface area contributed by atoms with Crippen molar-refractivity contribution in [1.29, 1.82) is 5.26 Å². The van der Waals surface area contributed by atoms with E-state index in [2.05, 4.69) is 83.9 Å². The van der Waals surface area contributed by atoms with E-state index in [1.807, 2.05) is 0 Å². The first-order valence-electron chi connectivity index (χ1n) is 12.1. The maximum Gasteiger partial charge on any atom is 0.224 e. The molecule has 0 radical (unpaired) electrons. The molecule has 4 atom stereocenters. The van der Waals surface area contributed by atoms with Gasteiger partial charge in [0.05, 0.1) is 12.3 Å². The summed E-state index contributed by atoms with van der Waals surface area (Å²) in [7, 11) is -4.75. The van der Waals surface area contributed by atoms with Crippen LogP contribution in [0.3, 0.4) is 0 Å². The summed E-state index contributed by atoms with van der Waals surface area (Å²) in [6, 6.07) is 5.95. The van der Waals surface area contributed by atoms with E-state index in [0.717, 1.165) is 0 Å². The van der Waals surface area contributed by atoms with Gasteiger partial charge in [-0.2, -0.15) is 10.4 Å². The molecule has 0 spiro atoms. The van der Waals surface area contributed by atoms with Gasteiger partial charge in [-0.15, -0.1) is 0 Å². The summed E-state index contributed by atoms with van der Waals surface area (Å²) >= 11 is 0. The van der Waals surface area contributed by atoms with Crippen LogP contribution in [0.2, 0.25) is 36.3 Å². The average Bonchev–Trinajstić information content (AvgIpc) is 3.27. The predicted molar refractivity (Wildman–Crippen MR) is 141 cm³/mol. The number of fused-ring (bicyclic) bond motifs is 1. The lowest BCUT2D eigenvalue weighted by Crippen LogP contribution is -2.56. The predicted octanol–water partition coefficient (Wildman–Crippen LogP) is 4.20. The molecule has 3 heterocycles. The molecule has 0 amide bonds. The van der Waals surface area contributed by atoms with Crippen LogP contribution in [-0.2, 0) is 19.2 Å². The summed E-state index contributed by atoms with van der Waals surface area (Å²) in [5.41, 5.74) is 5.56. The molecule has 2 aromatic rings. The Morgan fingerprint density at radius 1 is 1.11 bits per heavy atom. The van der Waals surface area contributed by atoms with Crippen molar-refractivity contribution in [2.24, 2.45) is 0 Å². The number of rotatable bonds is 6. The Balaban J connectivity index is 2.25. The first-order chi connectivity index (χ1) is 15.9. The molecule has 0 unspecified atom stereocenters. The van der Waals surface area contributed by atoms with Crippen LogP contribution in [0, 0.1) is 11.3 Å². The minimum Gasteiger partial charge on any atom is -0.408 e. The van der Waals surface area contributed by atoms with Gasteiger partial charge in [-0.05, 0) is 48.4 Å². The van der Waals surface area contributed by atoms with Crippen molar-refractivity contribution in [3.63, 3.8) is 0 Å². The molecule has 0 bridgehead atoms. The van der Waals surface area contributed by atoms with Gasteiger partial charge in [-0.25, -0.2) is 9.50 Å². The zero-order chi connectivity index (χ0) is 26.6. The Labute approximate surface area is 210 Å². The molecule has 3 rings (SSSR count). The standard InChI is InChI=1S/C24H41N5O4Si2/c1-22(2,3)34(7,8)32-19-17(13-30)31-24(14-25,20(19)33-35(9,10)23(4,5)6)18-12-11-16-21(26)27-15-28-29(16)18/h11-12,15,17,19-20,30H,13H2,1-10H3,(H2,26,27,28)/t17-,19-,20-,24+/m1/s1. The topological polar surface area (TPSA) is 128 Å². The number of nitriles is 1. The zero-order valence-electron chi connectivity index (χ0n) is 22.7. The monoisotopic (exact) mass is 519 g/mol. The van der Waals surface area contributed by atoms with Gasteiger partial charge >= 0.3 is 0 Å². The molecule has 11 heteroatoms. The van der Waals surface area contributed by atoms with Crippen molar-refractivity contribution in [3.8, 4) is 6.07 Å². The van der Waals surface area contributed by atoms with Crippen LogP contribution in [-0.4, -0.2) is 61.3 Å². The molecular weight excluding hydrogens is 478 g/mol. The number of aliphatic hydroxyl groups is 1. The maximum atomic E-state index is 10.7. The first-order valence-corrected chi connectivity index (χ1v) is 17.9. The number of aromatic nitrogens is 3. The second-order valence-electron chi connectivity index (χ2n) is 12.5. The van der Waals surface area contributed by atoms with E-state index in [4.69, 9.17) is 19.3 Å². The SMILES string of the molecule is CC(C)(C)[Si](C)(C)O[C@H]1[C@@H](O[Si](C)(C)C(C)(C)C)[C@](C#N)(c2ccc3c(N)ncnn23)O[C@@H]1CO. The number of hydrogen-bond acceptors (Lipinski definition) is 8. The Hall–Kier alpha value is -1.82. The fourth-order valence-corrected chi connectivity index (χ4v) is 6.42. The number of nitrogen functional groups attached to an aromatic ring is 1. The third-order valence-electron chi connectivity index (χ3n) is 8.08. The van der Waals surface area contributed by atoms with Crippen molar-refractivity contribution in [2.75, 3.05) is 12.3 Å². The number of aliphatic hydroxyl groups excluding tert-OH is 1. The highest BCUT2D eigenvalue weighted by molar-refractivity contribution is 6.74. The van der Waals surface area contributed by atoms with Crippen molar-refractivity contribution >= 4 is 28.0 Å². The molecule has 1 saturated heterocycles. The summed E-state index contributed by atoms with van der Waals surface area (Å²) in [6.07, 6.45) is -0.820. The molecule has 1 aliphatic rings. The van der Waals surface area contributed by atoms with Crippen LogP contribution in [0.25, 0.3) is 5.52 Å². The van der Waals surface area contributed by atoms with E-state index in [1.54, 1.807) is 16.6 Å². The van der Waals surface area contributed by atoms with Gasteiger partial charge in [0.15, 0.2) is 22.5 Å². The highest BCUT2D eigenvalue weighted by Crippen LogP contribution is 2.49. The summed E-state index contributed by atoms with van der Waals surface area (Å²) in [6.45, 7) is 21.2. The molecule has 0 aromatic carbocycles. The molecule has 1 fully saturated rings. The molecule has 0 aliphatic carbocycles. The van der Waals surface area contributed by atoms with Gasteiger partial charge in [0.1, 0.15) is 36.2 Å². The third kappa shape index (κ3) is 4.68. The van der Waals surface area contributed by atoms with Crippen molar-refractivity contribution in [2.45, 2.75) is 102 Å². The molecule has 3 N–H and O–H groups in total. The first kappa shape index (κ1) is 27.8. The second-order valence-corrected chi connectivity index (χ2v) is 22.0. The van der Waals surface area contributed by atoms with E-state index in [9.17, 15) is 10.4 Å². The normalized spacial score (nSPS) is 26.3. The van der Waals surface area contributed by atoms with E-state index in [-0.39, 0.29) is 16.7 Å². The van der Waals surface area contributed by atoms with E-state index < -0.39 is 40.5 Å². The summed E-state index contributed by atoms with van der Waals surface area (Å²) in [4.78, 5) is 4.07. The van der Waals surface area contributed by atoms with Gasteiger partial charge in [0.2, 0.25) is 5.60 Å². The number of nitrogens with zero attached hydrogens (tertiary/aromatic N) is 4. The smallest absolute Gasteiger partial charge is 0.224 e. The van der Waals surface area contributed by atoms with Crippen LogP contribution in [0.1, 0.15) is 47.2 Å². The second kappa shape index (κ2) is 8.93. The van der Waals surface area contributed by atoms with Crippen molar-refractivity contribution in [3.05, 3.63) is 24.2 Å². The van der Waals surface area contributed by atoms with E-state index >= 15 is 0 Å². The Bertz CT molecular complexity index is 1120. The molecule has 35 heavy (non-hydrogen) atoms. The molecule has 9 nitrogen and oxygen atoms in total. The highest BCUT2D eigenvalue weighted by Gasteiger charge is 2.63. The molecule has 0 saturated carbocycles. The van der Waals surface area contributed by atoms with Gasteiger partial charge < -0.3 is 24.4 Å². The highest BCUT2D eigenvalue weighted by atomic mass is 28.4. The Morgan fingerprint density at radius 3 is 2.20 bits per heavy atom. The number of nitrogens with two attached hydrogens (primary N) is 1. The van der Waals surface area contributed by atoms with Crippen molar-refractivity contribution < 1.29 is 18.7 Å². The lowest BCUT2D eigenvalue weighted by molar-refractivity contribution is -0.0620. The van der Waals surface area contributed by atoms with Gasteiger partial charge in [-0.3, -0.25) is 0 Å². The minimum atomic E-state index is -2.42. The molecule has 2 aromatic heterocycles. The lowest BCUT2D eigenvalue weighted by Gasteiger charge is -2.45. The average molecular weight is 520 g/mol. The number of ether oxygens (including phenoxy) is 1. The molecular formula is C24H41N5O4Si2. The lowest BCUT2D eigenvalue weighted by atomic mass is 9.92.